The van der Waals surface area contributed by atoms with Gasteiger partial charge in [-0.3, -0.25) is 4.79 Å². The third-order valence-electron chi connectivity index (χ3n) is 2.35. The van der Waals surface area contributed by atoms with Crippen LogP contribution in [0.3, 0.4) is 0 Å². The first-order chi connectivity index (χ1) is 7.16. The molecule has 5 heteroatoms. The van der Waals surface area contributed by atoms with Crippen molar-refractivity contribution >= 4 is 33.2 Å². The minimum Gasteiger partial charge on any atom is -0.388 e. The van der Waals surface area contributed by atoms with E-state index in [1.165, 1.54) is 11.3 Å². The third kappa shape index (κ3) is 3.03. The highest BCUT2D eigenvalue weighted by molar-refractivity contribution is 9.11. The second kappa shape index (κ2) is 4.63. The van der Waals surface area contributed by atoms with Crippen molar-refractivity contribution in [1.82, 2.24) is 4.90 Å². The van der Waals surface area contributed by atoms with E-state index in [1.54, 1.807) is 4.90 Å². The molecular weight excluding hydrogens is 278 g/mol. The molecule has 2 rings (SSSR count). The van der Waals surface area contributed by atoms with Crippen LogP contribution in [0.2, 0.25) is 0 Å². The zero-order valence-corrected chi connectivity index (χ0v) is 10.6. The molecule has 0 radical (unpaired) electrons. The highest BCUT2D eigenvalue weighted by Gasteiger charge is 2.24. The van der Waals surface area contributed by atoms with Gasteiger partial charge < -0.3 is 10.0 Å². The second-order valence-electron chi connectivity index (χ2n) is 3.58. The van der Waals surface area contributed by atoms with Crippen LogP contribution in [0.25, 0.3) is 0 Å². The van der Waals surface area contributed by atoms with Crippen LogP contribution < -0.4 is 0 Å². The molecule has 1 amide bonds. The van der Waals surface area contributed by atoms with Crippen LogP contribution in [-0.4, -0.2) is 29.0 Å². The van der Waals surface area contributed by atoms with Crippen molar-refractivity contribution in [3.05, 3.63) is 20.8 Å². The average Bonchev–Trinajstić information content (AvgIpc) is 2.97. The summed E-state index contributed by atoms with van der Waals surface area (Å²) in [7, 11) is 0. The third-order valence-corrected chi connectivity index (χ3v) is 4.08. The number of aliphatic hydroxyl groups is 1. The predicted octanol–water partition coefficient (Wildman–Crippen LogP) is 2.17. The van der Waals surface area contributed by atoms with Crippen molar-refractivity contribution in [3.63, 3.8) is 0 Å². The van der Waals surface area contributed by atoms with Gasteiger partial charge in [0.15, 0.2) is 0 Å². The van der Waals surface area contributed by atoms with Gasteiger partial charge in [-0.2, -0.15) is 0 Å². The summed E-state index contributed by atoms with van der Waals surface area (Å²) >= 11 is 4.86. The molecule has 1 N–H and O–H groups in total. The number of carbonyl (C=O) groups is 1. The fraction of sp³-hybridized carbons (Fsp3) is 0.500. The van der Waals surface area contributed by atoms with Gasteiger partial charge in [-0.25, -0.2) is 0 Å². The summed E-state index contributed by atoms with van der Waals surface area (Å²) in [6, 6.07) is 3.80. The molecule has 1 aromatic rings. The van der Waals surface area contributed by atoms with Crippen LogP contribution in [0, 0.1) is 0 Å². The van der Waals surface area contributed by atoms with E-state index in [0.717, 1.165) is 21.8 Å². The monoisotopic (exact) mass is 289 g/mol. The Bertz CT molecular complexity index is 362. The number of hydrogen-bond acceptors (Lipinski definition) is 3. The number of thiophene rings is 1. The van der Waals surface area contributed by atoms with Gasteiger partial charge >= 0.3 is 0 Å². The summed E-state index contributed by atoms with van der Waals surface area (Å²) in [4.78, 5) is 14.1. The Morgan fingerprint density at radius 1 is 1.60 bits per heavy atom. The van der Waals surface area contributed by atoms with Gasteiger partial charge in [-0.1, -0.05) is 0 Å². The molecule has 1 aromatic heterocycles. The maximum absolute atomic E-state index is 11.4. The van der Waals surface area contributed by atoms with Crippen LogP contribution in [-0.2, 0) is 4.79 Å². The van der Waals surface area contributed by atoms with Gasteiger partial charge in [0.1, 0.15) is 0 Å². The Morgan fingerprint density at radius 3 is 2.87 bits per heavy atom. The van der Waals surface area contributed by atoms with E-state index in [1.807, 2.05) is 12.1 Å². The molecule has 1 saturated heterocycles. The molecule has 3 nitrogen and oxygen atoms in total. The zero-order valence-electron chi connectivity index (χ0n) is 8.15. The molecule has 0 aromatic carbocycles. The summed E-state index contributed by atoms with van der Waals surface area (Å²) in [5.74, 6) is 0.157. The molecule has 1 fully saturated rings. The summed E-state index contributed by atoms with van der Waals surface area (Å²) in [5, 5.41) is 9.80. The topological polar surface area (TPSA) is 40.3 Å². The number of aliphatic hydroxyl groups excluding tert-OH is 1. The summed E-state index contributed by atoms with van der Waals surface area (Å²) in [6.45, 7) is 1.78. The highest BCUT2D eigenvalue weighted by atomic mass is 79.9. The Morgan fingerprint density at radius 2 is 2.33 bits per heavy atom. The van der Waals surface area contributed by atoms with Crippen molar-refractivity contribution in [2.45, 2.75) is 18.9 Å². The summed E-state index contributed by atoms with van der Waals surface area (Å²) < 4.78 is 1.01. The summed E-state index contributed by atoms with van der Waals surface area (Å²) in [5.41, 5.74) is 0. The predicted molar refractivity (Wildman–Crippen MR) is 62.8 cm³/mol. The van der Waals surface area contributed by atoms with E-state index >= 15 is 0 Å². The van der Waals surface area contributed by atoms with Crippen molar-refractivity contribution in [2.24, 2.45) is 0 Å². The van der Waals surface area contributed by atoms with E-state index < -0.39 is 6.10 Å². The Labute approximate surface area is 101 Å². The number of hydrogen-bond donors (Lipinski definition) is 1. The fourth-order valence-electron chi connectivity index (χ4n) is 1.37. The zero-order chi connectivity index (χ0) is 10.8. The van der Waals surface area contributed by atoms with Crippen LogP contribution >= 0.6 is 27.3 Å². The first-order valence-electron chi connectivity index (χ1n) is 4.88. The molecule has 0 spiro atoms. The van der Waals surface area contributed by atoms with E-state index in [-0.39, 0.29) is 5.91 Å². The van der Waals surface area contributed by atoms with Crippen molar-refractivity contribution in [2.75, 3.05) is 13.1 Å². The maximum atomic E-state index is 11.4. The molecule has 0 bridgehead atoms. The van der Waals surface area contributed by atoms with Gasteiger partial charge in [-0.15, -0.1) is 11.3 Å². The Balaban J connectivity index is 1.81. The van der Waals surface area contributed by atoms with Gasteiger partial charge in [0.05, 0.1) is 9.89 Å². The summed E-state index contributed by atoms with van der Waals surface area (Å²) in [6.07, 6.45) is 0.448. The molecule has 82 valence electrons. The lowest BCUT2D eigenvalue weighted by atomic mass is 10.1. The fourth-order valence-corrected chi connectivity index (χ4v) is 2.81. The largest absolute Gasteiger partial charge is 0.388 e. The van der Waals surface area contributed by atoms with Crippen molar-refractivity contribution in [3.8, 4) is 0 Å². The normalized spacial score (nSPS) is 16.5. The van der Waals surface area contributed by atoms with E-state index in [9.17, 15) is 9.90 Å². The van der Waals surface area contributed by atoms with E-state index in [4.69, 9.17) is 0 Å². The molecule has 1 aliphatic rings. The van der Waals surface area contributed by atoms with Gasteiger partial charge in [0.2, 0.25) is 5.91 Å². The molecule has 15 heavy (non-hydrogen) atoms. The van der Waals surface area contributed by atoms with Gasteiger partial charge in [-0.05, 0) is 34.5 Å². The van der Waals surface area contributed by atoms with Crippen molar-refractivity contribution < 1.29 is 9.90 Å². The molecule has 1 aliphatic heterocycles. The average molecular weight is 290 g/mol. The quantitative estimate of drug-likeness (QED) is 0.863. The molecule has 0 aliphatic carbocycles. The molecule has 0 saturated carbocycles. The van der Waals surface area contributed by atoms with E-state index in [0.29, 0.717) is 12.8 Å². The number of halogens is 1. The van der Waals surface area contributed by atoms with Gasteiger partial charge in [0.25, 0.3) is 0 Å². The Hall–Kier alpha value is -0.390. The number of rotatable bonds is 4. The smallest absolute Gasteiger partial charge is 0.222 e. The van der Waals surface area contributed by atoms with Gasteiger partial charge in [0, 0.05) is 24.4 Å². The number of carbonyl (C=O) groups excluding carboxylic acids is 1. The van der Waals surface area contributed by atoms with Crippen LogP contribution in [0.15, 0.2) is 15.9 Å². The second-order valence-corrected chi connectivity index (χ2v) is 6.07. The number of nitrogens with zero attached hydrogens (tertiary/aromatic N) is 1. The van der Waals surface area contributed by atoms with E-state index in [2.05, 4.69) is 15.9 Å². The van der Waals surface area contributed by atoms with Crippen LogP contribution in [0.4, 0.5) is 0 Å². The minimum atomic E-state index is -0.509. The standard InChI is InChI=1S/C10H12BrNO2S/c11-9-3-2-8(15-9)7(13)1-4-10(14)12-5-6-12/h2-3,7,13H,1,4-6H2. The lowest BCUT2D eigenvalue weighted by Crippen LogP contribution is -2.11. The molecule has 1 unspecified atom stereocenters. The Kier molecular flexibility index (Phi) is 3.43. The first-order valence-corrected chi connectivity index (χ1v) is 6.49. The van der Waals surface area contributed by atoms with Crippen LogP contribution in [0.5, 0.6) is 0 Å². The maximum Gasteiger partial charge on any atom is 0.222 e. The molecule has 2 heterocycles. The SMILES string of the molecule is O=C(CCC(O)c1ccc(Br)s1)N1CC1. The molecule has 1 atom stereocenters. The highest BCUT2D eigenvalue weighted by Crippen LogP contribution is 2.29. The van der Waals surface area contributed by atoms with Crippen molar-refractivity contribution in [1.29, 1.82) is 0 Å². The van der Waals surface area contributed by atoms with Crippen LogP contribution in [0.1, 0.15) is 23.8 Å². The lowest BCUT2D eigenvalue weighted by molar-refractivity contribution is -0.126. The first kappa shape index (κ1) is 11.1. The number of amides is 1. The minimum absolute atomic E-state index is 0.157. The molecular formula is C10H12BrNO2S. The lowest BCUT2D eigenvalue weighted by Gasteiger charge is -2.07.